The van der Waals surface area contributed by atoms with Crippen LogP contribution in [0.25, 0.3) is 0 Å². The SMILES string of the molecule is CCCCc1ccc(NC(=O)[C@@H](CC)Oc2ccccc2F)cc1. The maximum absolute atomic E-state index is 13.7. The summed E-state index contributed by atoms with van der Waals surface area (Å²) >= 11 is 0. The predicted molar refractivity (Wildman–Crippen MR) is 94.8 cm³/mol. The van der Waals surface area contributed by atoms with Crippen LogP contribution in [0, 0.1) is 5.82 Å². The Kier molecular flexibility index (Phi) is 6.79. The van der Waals surface area contributed by atoms with E-state index in [4.69, 9.17) is 4.74 Å². The van der Waals surface area contributed by atoms with Crippen molar-refractivity contribution in [3.63, 3.8) is 0 Å². The summed E-state index contributed by atoms with van der Waals surface area (Å²) in [6.45, 7) is 3.99. The van der Waals surface area contributed by atoms with Crippen molar-refractivity contribution in [1.29, 1.82) is 0 Å². The number of aryl methyl sites for hydroxylation is 1. The summed E-state index contributed by atoms with van der Waals surface area (Å²) in [6, 6.07) is 13.9. The summed E-state index contributed by atoms with van der Waals surface area (Å²) in [4.78, 5) is 12.4. The molecule has 1 amide bonds. The lowest BCUT2D eigenvalue weighted by molar-refractivity contribution is -0.122. The molecule has 0 heterocycles. The van der Waals surface area contributed by atoms with Crippen molar-refractivity contribution in [1.82, 2.24) is 0 Å². The lowest BCUT2D eigenvalue weighted by Gasteiger charge is -2.17. The molecule has 1 N–H and O–H groups in total. The van der Waals surface area contributed by atoms with E-state index < -0.39 is 11.9 Å². The highest BCUT2D eigenvalue weighted by atomic mass is 19.1. The van der Waals surface area contributed by atoms with Crippen LogP contribution in [0.1, 0.15) is 38.7 Å². The van der Waals surface area contributed by atoms with E-state index >= 15 is 0 Å². The highest BCUT2D eigenvalue weighted by molar-refractivity contribution is 5.94. The minimum absolute atomic E-state index is 0.0920. The fourth-order valence-electron chi connectivity index (χ4n) is 2.37. The Morgan fingerprint density at radius 3 is 2.46 bits per heavy atom. The standard InChI is InChI=1S/C20H24FNO2/c1-3-5-8-15-11-13-16(14-12-15)22-20(23)18(4-2)24-19-10-7-6-9-17(19)21/h6-7,9-14,18H,3-5,8H2,1-2H3,(H,22,23)/t18-/m1/s1. The number of nitrogens with one attached hydrogen (secondary N) is 1. The van der Waals surface area contributed by atoms with Gasteiger partial charge in [-0.2, -0.15) is 0 Å². The third kappa shape index (κ3) is 5.08. The Hall–Kier alpha value is -2.36. The van der Waals surface area contributed by atoms with Gasteiger partial charge in [-0.05, 0) is 49.1 Å². The Labute approximate surface area is 142 Å². The van der Waals surface area contributed by atoms with E-state index in [2.05, 4.69) is 12.2 Å². The molecule has 0 aromatic heterocycles. The Bertz CT molecular complexity index is 655. The Morgan fingerprint density at radius 1 is 1.12 bits per heavy atom. The fraction of sp³-hybridized carbons (Fsp3) is 0.350. The zero-order chi connectivity index (χ0) is 17.4. The molecule has 24 heavy (non-hydrogen) atoms. The largest absolute Gasteiger partial charge is 0.478 e. The topological polar surface area (TPSA) is 38.3 Å². The van der Waals surface area contributed by atoms with Crippen molar-refractivity contribution in [2.75, 3.05) is 5.32 Å². The maximum atomic E-state index is 13.7. The number of halogens is 1. The van der Waals surface area contributed by atoms with E-state index in [-0.39, 0.29) is 11.7 Å². The number of carbonyl (C=O) groups excluding carboxylic acids is 1. The van der Waals surface area contributed by atoms with Crippen molar-refractivity contribution in [3.8, 4) is 5.75 Å². The van der Waals surface area contributed by atoms with Gasteiger partial charge in [0.1, 0.15) is 0 Å². The van der Waals surface area contributed by atoms with Gasteiger partial charge in [0, 0.05) is 5.69 Å². The van der Waals surface area contributed by atoms with Crippen LogP contribution in [-0.2, 0) is 11.2 Å². The highest BCUT2D eigenvalue weighted by Gasteiger charge is 2.19. The van der Waals surface area contributed by atoms with E-state index in [0.29, 0.717) is 6.42 Å². The average Bonchev–Trinajstić information content (AvgIpc) is 2.60. The monoisotopic (exact) mass is 329 g/mol. The molecule has 0 saturated heterocycles. The van der Waals surface area contributed by atoms with Gasteiger partial charge in [0.15, 0.2) is 17.7 Å². The lowest BCUT2D eigenvalue weighted by atomic mass is 10.1. The lowest BCUT2D eigenvalue weighted by Crippen LogP contribution is -2.32. The number of ether oxygens (including phenoxy) is 1. The van der Waals surface area contributed by atoms with Crippen LogP contribution in [0.2, 0.25) is 0 Å². The summed E-state index contributed by atoms with van der Waals surface area (Å²) in [5.74, 6) is -0.652. The van der Waals surface area contributed by atoms with Crippen LogP contribution < -0.4 is 10.1 Å². The van der Waals surface area contributed by atoms with E-state index in [0.717, 1.165) is 24.9 Å². The van der Waals surface area contributed by atoms with E-state index in [9.17, 15) is 9.18 Å². The van der Waals surface area contributed by atoms with Gasteiger partial charge in [-0.25, -0.2) is 4.39 Å². The molecule has 0 fully saturated rings. The van der Waals surface area contributed by atoms with Crippen LogP contribution in [0.4, 0.5) is 10.1 Å². The van der Waals surface area contributed by atoms with E-state index in [1.54, 1.807) is 12.1 Å². The minimum atomic E-state index is -0.735. The molecule has 0 spiro atoms. The normalized spacial score (nSPS) is 11.8. The first kappa shape index (κ1) is 18.0. The summed E-state index contributed by atoms with van der Waals surface area (Å²) in [5.41, 5.74) is 1.97. The number of carbonyl (C=O) groups is 1. The quantitative estimate of drug-likeness (QED) is 0.743. The first-order valence-electron chi connectivity index (χ1n) is 8.45. The molecule has 0 radical (unpaired) electrons. The van der Waals surface area contributed by atoms with Crippen molar-refractivity contribution >= 4 is 11.6 Å². The number of amides is 1. The highest BCUT2D eigenvalue weighted by Crippen LogP contribution is 2.19. The first-order valence-corrected chi connectivity index (χ1v) is 8.45. The van der Waals surface area contributed by atoms with Gasteiger partial charge < -0.3 is 10.1 Å². The molecule has 0 saturated carbocycles. The molecule has 2 aromatic rings. The van der Waals surface area contributed by atoms with Crippen LogP contribution in [0.15, 0.2) is 48.5 Å². The maximum Gasteiger partial charge on any atom is 0.265 e. The zero-order valence-electron chi connectivity index (χ0n) is 14.2. The summed E-state index contributed by atoms with van der Waals surface area (Å²) in [5, 5.41) is 2.83. The second-order valence-electron chi connectivity index (χ2n) is 5.73. The molecule has 3 nitrogen and oxygen atoms in total. The second kappa shape index (κ2) is 9.06. The van der Waals surface area contributed by atoms with Crippen molar-refractivity contribution in [2.24, 2.45) is 0 Å². The molecule has 4 heteroatoms. The van der Waals surface area contributed by atoms with Crippen LogP contribution in [0.3, 0.4) is 0 Å². The molecular formula is C20H24FNO2. The second-order valence-corrected chi connectivity index (χ2v) is 5.73. The number of unbranched alkanes of at least 4 members (excludes halogenated alkanes) is 1. The number of hydrogen-bond acceptors (Lipinski definition) is 2. The van der Waals surface area contributed by atoms with Crippen molar-refractivity contribution in [3.05, 3.63) is 59.9 Å². The molecule has 0 bridgehead atoms. The molecule has 128 valence electrons. The van der Waals surface area contributed by atoms with Crippen LogP contribution in [-0.4, -0.2) is 12.0 Å². The Morgan fingerprint density at radius 2 is 1.83 bits per heavy atom. The minimum Gasteiger partial charge on any atom is -0.478 e. The van der Waals surface area contributed by atoms with Gasteiger partial charge in [-0.15, -0.1) is 0 Å². The number of rotatable bonds is 8. The molecule has 0 aliphatic rings. The van der Waals surface area contributed by atoms with Crippen molar-refractivity contribution in [2.45, 2.75) is 45.6 Å². The average molecular weight is 329 g/mol. The summed E-state index contributed by atoms with van der Waals surface area (Å²) in [6.07, 6.45) is 3.07. The van der Waals surface area contributed by atoms with Gasteiger partial charge in [0.25, 0.3) is 5.91 Å². The predicted octanol–water partition coefficient (Wildman–Crippen LogP) is 4.96. The molecule has 0 aliphatic carbocycles. The first-order chi connectivity index (χ1) is 11.6. The van der Waals surface area contributed by atoms with Crippen molar-refractivity contribution < 1.29 is 13.9 Å². The molecule has 0 aliphatic heterocycles. The van der Waals surface area contributed by atoms with Gasteiger partial charge in [0.05, 0.1) is 0 Å². The number of benzene rings is 2. The smallest absolute Gasteiger partial charge is 0.265 e. The third-order valence-corrected chi connectivity index (χ3v) is 3.81. The van der Waals surface area contributed by atoms with Crippen LogP contribution >= 0.6 is 0 Å². The van der Waals surface area contributed by atoms with Gasteiger partial charge in [-0.3, -0.25) is 4.79 Å². The van der Waals surface area contributed by atoms with E-state index in [1.165, 1.54) is 17.7 Å². The number of para-hydroxylation sites is 1. The molecule has 2 aromatic carbocycles. The van der Waals surface area contributed by atoms with Gasteiger partial charge in [0.2, 0.25) is 0 Å². The number of anilines is 1. The zero-order valence-corrected chi connectivity index (χ0v) is 14.2. The number of hydrogen-bond donors (Lipinski definition) is 1. The van der Waals surface area contributed by atoms with Gasteiger partial charge in [-0.1, -0.05) is 44.5 Å². The fourth-order valence-corrected chi connectivity index (χ4v) is 2.37. The molecule has 0 unspecified atom stereocenters. The van der Waals surface area contributed by atoms with E-state index in [1.807, 2.05) is 31.2 Å². The van der Waals surface area contributed by atoms with Gasteiger partial charge >= 0.3 is 0 Å². The summed E-state index contributed by atoms with van der Waals surface area (Å²) < 4.78 is 19.2. The summed E-state index contributed by atoms with van der Waals surface area (Å²) in [7, 11) is 0. The Balaban J connectivity index is 1.97. The molecule has 2 rings (SSSR count). The van der Waals surface area contributed by atoms with Crippen LogP contribution in [0.5, 0.6) is 5.75 Å². The molecule has 1 atom stereocenters. The third-order valence-electron chi connectivity index (χ3n) is 3.81. The molecular weight excluding hydrogens is 305 g/mol.